The molecule has 5 heteroatoms. The van der Waals surface area contributed by atoms with Crippen LogP contribution in [0.25, 0.3) is 0 Å². The molecule has 0 bridgehead atoms. The van der Waals surface area contributed by atoms with E-state index in [1.807, 2.05) is 24.8 Å². The molecular weight excluding hydrogens is 262 g/mol. The fraction of sp³-hybridized carbons (Fsp3) is 0.643. The monoisotopic (exact) mass is 283 g/mol. The highest BCUT2D eigenvalue weighted by Gasteiger charge is 2.23. The van der Waals surface area contributed by atoms with Crippen LogP contribution in [0.1, 0.15) is 41.3 Å². The summed E-state index contributed by atoms with van der Waals surface area (Å²) in [4.78, 5) is 14.0. The van der Waals surface area contributed by atoms with E-state index in [-0.39, 0.29) is 6.04 Å². The van der Waals surface area contributed by atoms with Crippen molar-refractivity contribution in [1.29, 1.82) is 0 Å². The van der Waals surface area contributed by atoms with Crippen molar-refractivity contribution in [3.63, 3.8) is 0 Å². The summed E-state index contributed by atoms with van der Waals surface area (Å²) >= 11 is 2.00. The van der Waals surface area contributed by atoms with E-state index in [2.05, 4.69) is 11.8 Å². The zero-order valence-electron chi connectivity index (χ0n) is 11.8. The maximum absolute atomic E-state index is 11.6. The summed E-state index contributed by atoms with van der Waals surface area (Å²) < 4.78 is 10.4. The summed E-state index contributed by atoms with van der Waals surface area (Å²) in [6.45, 7) is 6.17. The van der Waals surface area contributed by atoms with E-state index < -0.39 is 5.97 Å². The lowest BCUT2D eigenvalue weighted by Crippen LogP contribution is -2.28. The third kappa shape index (κ3) is 3.34. The van der Waals surface area contributed by atoms with Crippen molar-refractivity contribution in [2.24, 2.45) is 0 Å². The van der Waals surface area contributed by atoms with E-state index in [4.69, 9.17) is 9.15 Å². The molecule has 0 aromatic carbocycles. The molecule has 1 aliphatic rings. The molecule has 1 saturated heterocycles. The van der Waals surface area contributed by atoms with Crippen LogP contribution in [0.5, 0.6) is 0 Å². The Kier molecular flexibility index (Phi) is 4.93. The maximum Gasteiger partial charge on any atom is 0.374 e. The number of hydrogen-bond donors (Lipinski definition) is 0. The Bertz CT molecular complexity index is 436. The van der Waals surface area contributed by atoms with Crippen molar-refractivity contribution in [3.05, 3.63) is 23.2 Å². The summed E-state index contributed by atoms with van der Waals surface area (Å²) in [6, 6.07) is 2.16. The van der Waals surface area contributed by atoms with Gasteiger partial charge < -0.3 is 9.15 Å². The second kappa shape index (κ2) is 6.48. The molecule has 1 unspecified atom stereocenters. The van der Waals surface area contributed by atoms with Crippen LogP contribution in [0.3, 0.4) is 0 Å². The van der Waals surface area contributed by atoms with Gasteiger partial charge in [-0.05, 0) is 38.6 Å². The van der Waals surface area contributed by atoms with Gasteiger partial charge in [0.25, 0.3) is 0 Å². The number of esters is 1. The van der Waals surface area contributed by atoms with E-state index in [0.717, 1.165) is 30.2 Å². The number of carbonyl (C=O) groups is 1. The third-order valence-corrected chi connectivity index (χ3v) is 4.57. The first kappa shape index (κ1) is 14.5. The standard InChI is InChI=1S/C14H21NO3S/c1-10-9-12(18-13(10)14(16)17-3)11(2)15-5-4-7-19-8-6-15/h9,11H,4-8H2,1-3H3. The molecule has 4 nitrogen and oxygen atoms in total. The largest absolute Gasteiger partial charge is 0.463 e. The van der Waals surface area contributed by atoms with Gasteiger partial charge in [0.15, 0.2) is 0 Å². The molecule has 2 heterocycles. The SMILES string of the molecule is COC(=O)c1oc(C(C)N2CCCSCC2)cc1C. The van der Waals surface area contributed by atoms with Crippen LogP contribution in [0, 0.1) is 6.92 Å². The first-order valence-electron chi connectivity index (χ1n) is 6.64. The normalized spacial score (nSPS) is 18.9. The van der Waals surface area contributed by atoms with Gasteiger partial charge >= 0.3 is 5.97 Å². The van der Waals surface area contributed by atoms with Crippen LogP contribution >= 0.6 is 11.8 Å². The van der Waals surface area contributed by atoms with Gasteiger partial charge in [0, 0.05) is 17.9 Å². The molecule has 2 rings (SSSR count). The summed E-state index contributed by atoms with van der Waals surface area (Å²) in [6.07, 6.45) is 1.21. The van der Waals surface area contributed by atoms with E-state index in [9.17, 15) is 4.79 Å². The lowest BCUT2D eigenvalue weighted by atomic mass is 10.2. The number of hydrogen-bond acceptors (Lipinski definition) is 5. The van der Waals surface area contributed by atoms with E-state index in [1.165, 1.54) is 19.3 Å². The van der Waals surface area contributed by atoms with Crippen LogP contribution in [0.15, 0.2) is 10.5 Å². The second-order valence-electron chi connectivity index (χ2n) is 4.83. The lowest BCUT2D eigenvalue weighted by Gasteiger charge is -2.25. The molecule has 1 aromatic rings. The minimum Gasteiger partial charge on any atom is -0.463 e. The molecule has 106 valence electrons. The van der Waals surface area contributed by atoms with Gasteiger partial charge in [-0.1, -0.05) is 0 Å². The Morgan fingerprint density at radius 1 is 1.47 bits per heavy atom. The van der Waals surface area contributed by atoms with Crippen molar-refractivity contribution in [2.75, 3.05) is 31.7 Å². The molecule has 1 atom stereocenters. The van der Waals surface area contributed by atoms with Crippen molar-refractivity contribution in [1.82, 2.24) is 4.90 Å². The Morgan fingerprint density at radius 3 is 3.00 bits per heavy atom. The van der Waals surface area contributed by atoms with Crippen molar-refractivity contribution < 1.29 is 13.9 Å². The van der Waals surface area contributed by atoms with Crippen LogP contribution in [-0.4, -0.2) is 42.6 Å². The topological polar surface area (TPSA) is 42.7 Å². The Hall–Kier alpha value is -0.940. The third-order valence-electron chi connectivity index (χ3n) is 3.52. The van der Waals surface area contributed by atoms with Gasteiger partial charge in [0.1, 0.15) is 5.76 Å². The average molecular weight is 283 g/mol. The Balaban J connectivity index is 2.14. The van der Waals surface area contributed by atoms with Gasteiger partial charge in [-0.15, -0.1) is 0 Å². The average Bonchev–Trinajstić information content (AvgIpc) is 2.65. The molecule has 0 saturated carbocycles. The highest BCUT2D eigenvalue weighted by Crippen LogP contribution is 2.27. The molecule has 0 aliphatic carbocycles. The highest BCUT2D eigenvalue weighted by atomic mass is 32.2. The maximum atomic E-state index is 11.6. The number of furan rings is 1. The number of thioether (sulfide) groups is 1. The minimum absolute atomic E-state index is 0.204. The number of rotatable bonds is 3. The summed E-state index contributed by atoms with van der Waals surface area (Å²) in [5.41, 5.74) is 0.845. The van der Waals surface area contributed by atoms with Crippen molar-refractivity contribution in [3.8, 4) is 0 Å². The summed E-state index contributed by atoms with van der Waals surface area (Å²) in [7, 11) is 1.37. The fourth-order valence-electron chi connectivity index (χ4n) is 2.34. The molecule has 19 heavy (non-hydrogen) atoms. The molecule has 1 aromatic heterocycles. The quantitative estimate of drug-likeness (QED) is 0.798. The number of methoxy groups -OCH3 is 1. The van der Waals surface area contributed by atoms with Crippen molar-refractivity contribution in [2.45, 2.75) is 26.3 Å². The molecule has 0 radical (unpaired) electrons. The van der Waals surface area contributed by atoms with Gasteiger partial charge in [-0.25, -0.2) is 4.79 Å². The van der Waals surface area contributed by atoms with Crippen LogP contribution in [-0.2, 0) is 4.74 Å². The first-order chi connectivity index (χ1) is 9.13. The zero-order valence-corrected chi connectivity index (χ0v) is 12.6. The van der Waals surface area contributed by atoms with Crippen LogP contribution in [0.2, 0.25) is 0 Å². The predicted molar refractivity (Wildman–Crippen MR) is 76.7 cm³/mol. The lowest BCUT2D eigenvalue weighted by molar-refractivity contribution is 0.0558. The summed E-state index contributed by atoms with van der Waals surface area (Å²) in [5.74, 6) is 3.17. The van der Waals surface area contributed by atoms with E-state index in [1.54, 1.807) is 0 Å². The molecule has 0 amide bonds. The smallest absolute Gasteiger partial charge is 0.374 e. The van der Waals surface area contributed by atoms with Gasteiger partial charge in [-0.2, -0.15) is 11.8 Å². The predicted octanol–water partition coefficient (Wildman–Crippen LogP) is 2.87. The molecule has 1 fully saturated rings. The number of ether oxygens (including phenoxy) is 1. The summed E-state index contributed by atoms with van der Waals surface area (Å²) in [5, 5.41) is 0. The van der Waals surface area contributed by atoms with Gasteiger partial charge in [-0.3, -0.25) is 4.90 Å². The number of nitrogens with zero attached hydrogens (tertiary/aromatic N) is 1. The van der Waals surface area contributed by atoms with Gasteiger partial charge in [0.2, 0.25) is 5.76 Å². The molecular formula is C14H21NO3S. The van der Waals surface area contributed by atoms with Crippen LogP contribution < -0.4 is 0 Å². The minimum atomic E-state index is -0.401. The van der Waals surface area contributed by atoms with Crippen LogP contribution in [0.4, 0.5) is 0 Å². The van der Waals surface area contributed by atoms with Gasteiger partial charge in [0.05, 0.1) is 13.2 Å². The highest BCUT2D eigenvalue weighted by molar-refractivity contribution is 7.99. The fourth-order valence-corrected chi connectivity index (χ4v) is 3.24. The number of aryl methyl sites for hydroxylation is 1. The van der Waals surface area contributed by atoms with Crippen molar-refractivity contribution >= 4 is 17.7 Å². The Labute approximate surface area is 118 Å². The molecule has 0 spiro atoms. The van der Waals surface area contributed by atoms with E-state index in [0.29, 0.717) is 5.76 Å². The Morgan fingerprint density at radius 2 is 2.26 bits per heavy atom. The number of carbonyl (C=O) groups excluding carboxylic acids is 1. The second-order valence-corrected chi connectivity index (χ2v) is 6.06. The zero-order chi connectivity index (χ0) is 13.8. The molecule has 0 N–H and O–H groups in total. The molecule has 1 aliphatic heterocycles. The van der Waals surface area contributed by atoms with E-state index >= 15 is 0 Å². The first-order valence-corrected chi connectivity index (χ1v) is 7.79.